The highest BCUT2D eigenvalue weighted by Crippen LogP contribution is 2.33. The molecule has 0 unspecified atom stereocenters. The first-order chi connectivity index (χ1) is 7.79. The van der Waals surface area contributed by atoms with Crippen LogP contribution < -0.4 is 0 Å². The van der Waals surface area contributed by atoms with Gasteiger partial charge in [0.05, 0.1) is 5.75 Å². The first kappa shape index (κ1) is 12.2. The van der Waals surface area contributed by atoms with E-state index in [2.05, 4.69) is 16.9 Å². The smallest absolute Gasteiger partial charge is 0.140 e. The molecule has 1 fully saturated rings. The Morgan fingerprint density at radius 3 is 2.81 bits per heavy atom. The van der Waals surface area contributed by atoms with Gasteiger partial charge in [-0.3, -0.25) is 0 Å². The topological polar surface area (TPSA) is 25.8 Å². The number of halogens is 1. The molecule has 1 saturated carbocycles. The second-order valence-electron chi connectivity index (χ2n) is 4.15. The molecule has 16 heavy (non-hydrogen) atoms. The van der Waals surface area contributed by atoms with Crippen molar-refractivity contribution in [3.05, 3.63) is 22.7 Å². The van der Waals surface area contributed by atoms with E-state index in [0.717, 1.165) is 23.0 Å². The zero-order valence-corrected chi connectivity index (χ0v) is 11.2. The molecule has 0 amide bonds. The predicted molar refractivity (Wildman–Crippen MR) is 70.1 cm³/mol. The van der Waals surface area contributed by atoms with Crippen molar-refractivity contribution in [1.82, 2.24) is 9.97 Å². The van der Waals surface area contributed by atoms with Crippen molar-refractivity contribution in [2.24, 2.45) is 0 Å². The molecule has 0 radical (unpaired) electrons. The summed E-state index contributed by atoms with van der Waals surface area (Å²) in [7, 11) is 0. The Kier molecular flexibility index (Phi) is 4.47. The van der Waals surface area contributed by atoms with Crippen molar-refractivity contribution >= 4 is 23.4 Å². The first-order valence-electron chi connectivity index (χ1n) is 5.90. The minimum Gasteiger partial charge on any atom is -0.237 e. The van der Waals surface area contributed by atoms with E-state index >= 15 is 0 Å². The summed E-state index contributed by atoms with van der Waals surface area (Å²) < 4.78 is 0. The van der Waals surface area contributed by atoms with Gasteiger partial charge in [0.2, 0.25) is 0 Å². The van der Waals surface area contributed by atoms with E-state index in [-0.39, 0.29) is 0 Å². The summed E-state index contributed by atoms with van der Waals surface area (Å²) in [4.78, 5) is 8.91. The van der Waals surface area contributed by atoms with Crippen LogP contribution in [0.3, 0.4) is 0 Å². The van der Waals surface area contributed by atoms with Gasteiger partial charge < -0.3 is 0 Å². The van der Waals surface area contributed by atoms with Crippen molar-refractivity contribution in [3.63, 3.8) is 0 Å². The summed E-state index contributed by atoms with van der Waals surface area (Å²) in [6, 6.07) is 1.94. The fraction of sp³-hybridized carbons (Fsp3) is 0.667. The van der Waals surface area contributed by atoms with Crippen molar-refractivity contribution < 1.29 is 0 Å². The summed E-state index contributed by atoms with van der Waals surface area (Å²) in [6.07, 6.45) is 5.16. The molecule has 0 saturated heterocycles. The van der Waals surface area contributed by atoms with Crippen LogP contribution in [0.1, 0.15) is 50.0 Å². The molecule has 1 aromatic heterocycles. The molecular weight excluding hydrogens is 240 g/mol. The van der Waals surface area contributed by atoms with Crippen LogP contribution in [0.15, 0.2) is 6.07 Å². The lowest BCUT2D eigenvalue weighted by Gasteiger charge is -2.10. The van der Waals surface area contributed by atoms with Crippen molar-refractivity contribution in [2.45, 2.75) is 44.3 Å². The van der Waals surface area contributed by atoms with Gasteiger partial charge in [-0.2, -0.15) is 11.8 Å². The summed E-state index contributed by atoms with van der Waals surface area (Å²) in [6.45, 7) is 2.15. The average Bonchev–Trinajstić information content (AvgIpc) is 2.79. The van der Waals surface area contributed by atoms with E-state index in [0.29, 0.717) is 11.1 Å². The molecular formula is C12H17ClN2S. The van der Waals surface area contributed by atoms with Crippen LogP contribution in [-0.2, 0) is 5.75 Å². The minimum absolute atomic E-state index is 0.601. The predicted octanol–water partition coefficient (Wildman–Crippen LogP) is 4.04. The van der Waals surface area contributed by atoms with Gasteiger partial charge in [-0.1, -0.05) is 31.4 Å². The number of rotatable bonds is 4. The van der Waals surface area contributed by atoms with Crippen LogP contribution in [-0.4, -0.2) is 15.7 Å². The largest absolute Gasteiger partial charge is 0.237 e. The van der Waals surface area contributed by atoms with Crippen LogP contribution in [0, 0.1) is 0 Å². The van der Waals surface area contributed by atoms with Crippen molar-refractivity contribution in [1.29, 1.82) is 0 Å². The second-order valence-corrected chi connectivity index (χ2v) is 5.81. The molecule has 0 bridgehead atoms. The first-order valence-corrected chi connectivity index (χ1v) is 7.44. The van der Waals surface area contributed by atoms with E-state index in [9.17, 15) is 0 Å². The number of hydrogen-bond acceptors (Lipinski definition) is 3. The van der Waals surface area contributed by atoms with Crippen molar-refractivity contribution in [2.75, 3.05) is 5.75 Å². The Balaban J connectivity index is 2.14. The third-order valence-corrected chi connectivity index (χ3v) is 4.03. The van der Waals surface area contributed by atoms with Gasteiger partial charge in [-0.05, 0) is 24.7 Å². The van der Waals surface area contributed by atoms with Crippen LogP contribution in [0.5, 0.6) is 0 Å². The number of aromatic nitrogens is 2. The van der Waals surface area contributed by atoms with E-state index in [4.69, 9.17) is 11.6 Å². The molecule has 0 N–H and O–H groups in total. The average molecular weight is 257 g/mol. The molecule has 0 aliphatic heterocycles. The zero-order valence-electron chi connectivity index (χ0n) is 9.58. The van der Waals surface area contributed by atoms with Gasteiger partial charge in [-0.25, -0.2) is 9.97 Å². The van der Waals surface area contributed by atoms with E-state index in [1.165, 1.54) is 25.7 Å². The lowest BCUT2D eigenvalue weighted by atomic mass is 10.0. The third kappa shape index (κ3) is 3.11. The van der Waals surface area contributed by atoms with Crippen LogP contribution in [0.4, 0.5) is 0 Å². The number of thioether (sulfide) groups is 1. The third-order valence-electron chi connectivity index (χ3n) is 2.97. The molecule has 88 valence electrons. The van der Waals surface area contributed by atoms with Gasteiger partial charge in [0.15, 0.2) is 0 Å². The van der Waals surface area contributed by atoms with Crippen molar-refractivity contribution in [3.8, 4) is 0 Å². The standard InChI is InChI=1S/C12H17ClN2S/c1-2-16-8-12-14-10(7-11(13)15-12)9-5-3-4-6-9/h7,9H,2-6,8H2,1H3. The summed E-state index contributed by atoms with van der Waals surface area (Å²) in [5, 5.41) is 0.601. The fourth-order valence-corrected chi connectivity index (χ4v) is 2.90. The molecule has 1 aliphatic carbocycles. The molecule has 2 rings (SSSR count). The summed E-state index contributed by atoms with van der Waals surface area (Å²) in [5.74, 6) is 3.47. The van der Waals surface area contributed by atoms with Gasteiger partial charge in [-0.15, -0.1) is 0 Å². The molecule has 1 aliphatic rings. The second kappa shape index (κ2) is 5.87. The molecule has 2 nitrogen and oxygen atoms in total. The maximum atomic E-state index is 6.05. The Bertz CT molecular complexity index is 351. The normalized spacial score (nSPS) is 16.9. The Labute approximate surface area is 106 Å². The quantitative estimate of drug-likeness (QED) is 0.761. The lowest BCUT2D eigenvalue weighted by Crippen LogP contribution is -2.02. The number of nitrogens with zero attached hydrogens (tertiary/aromatic N) is 2. The van der Waals surface area contributed by atoms with Crippen LogP contribution in [0.25, 0.3) is 0 Å². The monoisotopic (exact) mass is 256 g/mol. The molecule has 4 heteroatoms. The van der Waals surface area contributed by atoms with E-state index < -0.39 is 0 Å². The van der Waals surface area contributed by atoms with Gasteiger partial charge in [0.1, 0.15) is 11.0 Å². The fourth-order valence-electron chi connectivity index (χ4n) is 2.17. The highest BCUT2D eigenvalue weighted by atomic mass is 35.5. The Morgan fingerprint density at radius 2 is 2.12 bits per heavy atom. The van der Waals surface area contributed by atoms with E-state index in [1.54, 1.807) is 0 Å². The molecule has 0 spiro atoms. The maximum absolute atomic E-state index is 6.05. The summed E-state index contributed by atoms with van der Waals surface area (Å²) in [5.41, 5.74) is 1.16. The summed E-state index contributed by atoms with van der Waals surface area (Å²) >= 11 is 7.88. The lowest BCUT2D eigenvalue weighted by molar-refractivity contribution is 0.688. The van der Waals surface area contributed by atoms with Gasteiger partial charge >= 0.3 is 0 Å². The van der Waals surface area contributed by atoms with Gasteiger partial charge in [0.25, 0.3) is 0 Å². The van der Waals surface area contributed by atoms with Crippen LogP contribution in [0.2, 0.25) is 5.15 Å². The zero-order chi connectivity index (χ0) is 11.4. The number of hydrogen-bond donors (Lipinski definition) is 0. The molecule has 0 atom stereocenters. The Morgan fingerprint density at radius 1 is 1.38 bits per heavy atom. The maximum Gasteiger partial charge on any atom is 0.140 e. The molecule has 1 heterocycles. The van der Waals surface area contributed by atoms with Crippen LogP contribution >= 0.6 is 23.4 Å². The van der Waals surface area contributed by atoms with E-state index in [1.807, 2.05) is 17.8 Å². The highest BCUT2D eigenvalue weighted by molar-refractivity contribution is 7.98. The Hall–Kier alpha value is -0.280. The minimum atomic E-state index is 0.601. The SMILES string of the molecule is CCSCc1nc(Cl)cc(C2CCCC2)n1. The molecule has 1 aromatic rings. The molecule has 0 aromatic carbocycles. The highest BCUT2D eigenvalue weighted by Gasteiger charge is 2.19. The van der Waals surface area contributed by atoms with Gasteiger partial charge in [0, 0.05) is 11.6 Å².